The van der Waals surface area contributed by atoms with E-state index in [2.05, 4.69) is 20.7 Å². The molecule has 22 heavy (non-hydrogen) atoms. The standard InChI is InChI=1S/C14H15N5O3/c1-9-3-2-4-10(7-9)8-15-18-12(20)6-5-11-13(21)16-14(22)19-17-11/h2-4,7-8H,5-6H2,1H3,(H,18,20)(H2,16,19,21,22)/b15-8-. The summed E-state index contributed by atoms with van der Waals surface area (Å²) in [6.07, 6.45) is 1.68. The van der Waals surface area contributed by atoms with Crippen LogP contribution in [0, 0.1) is 6.92 Å². The summed E-state index contributed by atoms with van der Waals surface area (Å²) >= 11 is 0. The van der Waals surface area contributed by atoms with Crippen molar-refractivity contribution in [2.45, 2.75) is 19.8 Å². The average Bonchev–Trinajstić information content (AvgIpc) is 2.46. The van der Waals surface area contributed by atoms with Gasteiger partial charge in [-0.25, -0.2) is 15.3 Å². The third kappa shape index (κ3) is 4.51. The van der Waals surface area contributed by atoms with Crippen LogP contribution in [0.1, 0.15) is 23.2 Å². The monoisotopic (exact) mass is 301 g/mol. The Morgan fingerprint density at radius 2 is 2.23 bits per heavy atom. The van der Waals surface area contributed by atoms with E-state index in [1.165, 1.54) is 6.21 Å². The zero-order valence-electron chi connectivity index (χ0n) is 11.9. The van der Waals surface area contributed by atoms with E-state index in [1.54, 1.807) is 0 Å². The van der Waals surface area contributed by atoms with Crippen molar-refractivity contribution in [3.8, 4) is 0 Å². The molecule has 114 valence electrons. The van der Waals surface area contributed by atoms with E-state index in [1.807, 2.05) is 36.2 Å². The Bertz CT molecular complexity index is 806. The van der Waals surface area contributed by atoms with Crippen molar-refractivity contribution < 1.29 is 4.79 Å². The van der Waals surface area contributed by atoms with Crippen LogP contribution in [0.2, 0.25) is 0 Å². The first-order valence-corrected chi connectivity index (χ1v) is 6.61. The van der Waals surface area contributed by atoms with Gasteiger partial charge in [-0.15, -0.1) is 0 Å². The molecular formula is C14H15N5O3. The molecule has 2 rings (SSSR count). The molecule has 0 bridgehead atoms. The molecule has 0 saturated heterocycles. The first-order chi connectivity index (χ1) is 10.5. The highest BCUT2D eigenvalue weighted by molar-refractivity contribution is 5.82. The number of hydrazone groups is 1. The Morgan fingerprint density at radius 1 is 1.41 bits per heavy atom. The molecule has 0 aliphatic heterocycles. The lowest BCUT2D eigenvalue weighted by molar-refractivity contribution is -0.121. The number of benzene rings is 1. The fourth-order valence-corrected chi connectivity index (χ4v) is 1.76. The predicted molar refractivity (Wildman–Crippen MR) is 80.7 cm³/mol. The van der Waals surface area contributed by atoms with Crippen molar-refractivity contribution in [2.24, 2.45) is 5.10 Å². The van der Waals surface area contributed by atoms with Gasteiger partial charge >= 0.3 is 5.69 Å². The van der Waals surface area contributed by atoms with E-state index < -0.39 is 11.2 Å². The zero-order valence-corrected chi connectivity index (χ0v) is 11.9. The molecule has 8 nitrogen and oxygen atoms in total. The molecule has 2 aromatic rings. The summed E-state index contributed by atoms with van der Waals surface area (Å²) in [7, 11) is 0. The number of rotatable bonds is 5. The summed E-state index contributed by atoms with van der Waals surface area (Å²) in [4.78, 5) is 35.8. The van der Waals surface area contributed by atoms with Gasteiger partial charge in [0.1, 0.15) is 5.69 Å². The van der Waals surface area contributed by atoms with Gasteiger partial charge in [0.25, 0.3) is 5.56 Å². The average molecular weight is 301 g/mol. The molecule has 1 aromatic heterocycles. The molecule has 0 aliphatic rings. The number of nitrogens with one attached hydrogen (secondary N) is 3. The second-order valence-electron chi connectivity index (χ2n) is 4.66. The maximum absolute atomic E-state index is 11.6. The van der Waals surface area contributed by atoms with Gasteiger partial charge in [0.05, 0.1) is 6.21 Å². The van der Waals surface area contributed by atoms with Gasteiger partial charge < -0.3 is 0 Å². The lowest BCUT2D eigenvalue weighted by atomic mass is 10.2. The normalized spacial score (nSPS) is 10.8. The number of aryl methyl sites for hydroxylation is 2. The number of hydrogen-bond donors (Lipinski definition) is 3. The van der Waals surface area contributed by atoms with Crippen LogP contribution in [-0.4, -0.2) is 27.3 Å². The molecule has 0 aliphatic carbocycles. The molecule has 0 saturated carbocycles. The molecule has 0 atom stereocenters. The minimum Gasteiger partial charge on any atom is -0.273 e. The number of nitrogens with zero attached hydrogens (tertiary/aromatic N) is 2. The molecule has 0 fully saturated rings. The van der Waals surface area contributed by atoms with Crippen LogP contribution < -0.4 is 16.7 Å². The lowest BCUT2D eigenvalue weighted by Gasteiger charge is -1.99. The molecule has 1 amide bonds. The summed E-state index contributed by atoms with van der Waals surface area (Å²) in [6, 6.07) is 7.66. The lowest BCUT2D eigenvalue weighted by Crippen LogP contribution is -2.28. The molecule has 0 unspecified atom stereocenters. The van der Waals surface area contributed by atoms with E-state index in [0.29, 0.717) is 0 Å². The molecule has 1 heterocycles. The van der Waals surface area contributed by atoms with Gasteiger partial charge in [-0.1, -0.05) is 29.8 Å². The van der Waals surface area contributed by atoms with Crippen LogP contribution in [-0.2, 0) is 11.2 Å². The second-order valence-corrected chi connectivity index (χ2v) is 4.66. The van der Waals surface area contributed by atoms with Crippen LogP contribution in [0.3, 0.4) is 0 Å². The minimum absolute atomic E-state index is 0.0350. The van der Waals surface area contributed by atoms with E-state index >= 15 is 0 Å². The van der Waals surface area contributed by atoms with Gasteiger partial charge in [-0.05, 0) is 12.5 Å². The van der Waals surface area contributed by atoms with Gasteiger partial charge in [-0.2, -0.15) is 10.2 Å². The number of amides is 1. The van der Waals surface area contributed by atoms with Crippen LogP contribution >= 0.6 is 0 Å². The van der Waals surface area contributed by atoms with Crippen LogP contribution in [0.4, 0.5) is 0 Å². The Hall–Kier alpha value is -3.03. The van der Waals surface area contributed by atoms with E-state index in [0.717, 1.165) is 11.1 Å². The fourth-order valence-electron chi connectivity index (χ4n) is 1.76. The van der Waals surface area contributed by atoms with Crippen molar-refractivity contribution in [3.05, 3.63) is 61.9 Å². The third-order valence-corrected chi connectivity index (χ3v) is 2.82. The smallest absolute Gasteiger partial charge is 0.273 e. The highest BCUT2D eigenvalue weighted by atomic mass is 16.2. The highest BCUT2D eigenvalue weighted by Crippen LogP contribution is 2.00. The Labute approximate surface area is 125 Å². The van der Waals surface area contributed by atoms with Crippen LogP contribution in [0.15, 0.2) is 39.0 Å². The largest absolute Gasteiger partial charge is 0.342 e. The summed E-state index contributed by atoms with van der Waals surface area (Å²) in [5, 5.41) is 9.54. The molecule has 1 aromatic carbocycles. The number of aromatic amines is 2. The van der Waals surface area contributed by atoms with Gasteiger partial charge in [0, 0.05) is 12.8 Å². The predicted octanol–water partition coefficient (Wildman–Crippen LogP) is -0.150. The van der Waals surface area contributed by atoms with Crippen molar-refractivity contribution in [1.29, 1.82) is 0 Å². The van der Waals surface area contributed by atoms with E-state index in [9.17, 15) is 14.4 Å². The zero-order chi connectivity index (χ0) is 15.9. The van der Waals surface area contributed by atoms with Gasteiger partial charge in [0.2, 0.25) is 5.91 Å². The molecule has 0 spiro atoms. The summed E-state index contributed by atoms with van der Waals surface area (Å²) in [5.41, 5.74) is 3.16. The van der Waals surface area contributed by atoms with Crippen molar-refractivity contribution in [3.63, 3.8) is 0 Å². The molecule has 0 radical (unpaired) electrons. The highest BCUT2D eigenvalue weighted by Gasteiger charge is 2.06. The Kier molecular flexibility index (Phi) is 4.97. The SMILES string of the molecule is Cc1cccc(/C=N\NC(=O)CCc2n[nH]c(=O)[nH]c2=O)c1. The second kappa shape index (κ2) is 7.11. The molecule has 8 heteroatoms. The Balaban J connectivity index is 1.85. The number of aromatic nitrogens is 3. The van der Waals surface area contributed by atoms with Gasteiger partial charge in [-0.3, -0.25) is 14.6 Å². The topological polar surface area (TPSA) is 120 Å². The first kappa shape index (κ1) is 15.4. The van der Waals surface area contributed by atoms with Crippen molar-refractivity contribution >= 4 is 12.1 Å². The third-order valence-electron chi connectivity index (χ3n) is 2.82. The van der Waals surface area contributed by atoms with E-state index in [-0.39, 0.29) is 24.4 Å². The van der Waals surface area contributed by atoms with Crippen LogP contribution in [0.25, 0.3) is 0 Å². The number of H-pyrrole nitrogens is 2. The molecular weight excluding hydrogens is 286 g/mol. The maximum atomic E-state index is 11.6. The number of hydrogen-bond acceptors (Lipinski definition) is 5. The Morgan fingerprint density at radius 3 is 2.95 bits per heavy atom. The quantitative estimate of drug-likeness (QED) is 0.525. The number of carbonyl (C=O) groups is 1. The fraction of sp³-hybridized carbons (Fsp3) is 0.214. The van der Waals surface area contributed by atoms with Crippen molar-refractivity contribution in [1.82, 2.24) is 20.6 Å². The maximum Gasteiger partial charge on any atom is 0.342 e. The van der Waals surface area contributed by atoms with Crippen LogP contribution in [0.5, 0.6) is 0 Å². The molecule has 3 N–H and O–H groups in total. The number of carbonyl (C=O) groups excluding carboxylic acids is 1. The first-order valence-electron chi connectivity index (χ1n) is 6.61. The summed E-state index contributed by atoms with van der Waals surface area (Å²) in [5.74, 6) is -0.351. The summed E-state index contributed by atoms with van der Waals surface area (Å²) < 4.78 is 0. The van der Waals surface area contributed by atoms with Gasteiger partial charge in [0.15, 0.2) is 0 Å². The van der Waals surface area contributed by atoms with Crippen molar-refractivity contribution in [2.75, 3.05) is 0 Å². The van der Waals surface area contributed by atoms with E-state index in [4.69, 9.17) is 0 Å². The summed E-state index contributed by atoms with van der Waals surface area (Å²) in [6.45, 7) is 1.96. The minimum atomic E-state index is -0.680.